The number of hydrogen-bond donors (Lipinski definition) is 3. The molecule has 0 aromatic heterocycles. The van der Waals surface area contributed by atoms with Crippen molar-refractivity contribution in [3.05, 3.63) is 29.8 Å². The summed E-state index contributed by atoms with van der Waals surface area (Å²) in [4.78, 5) is 23.3. The van der Waals surface area contributed by atoms with Crippen molar-refractivity contribution in [1.29, 1.82) is 0 Å². The molecule has 0 aliphatic heterocycles. The van der Waals surface area contributed by atoms with E-state index in [1.807, 2.05) is 24.3 Å². The Balaban J connectivity index is 1.69. The summed E-state index contributed by atoms with van der Waals surface area (Å²) in [5, 5.41) is 8.18. The van der Waals surface area contributed by atoms with Gasteiger partial charge in [-0.25, -0.2) is 4.79 Å². The summed E-state index contributed by atoms with van der Waals surface area (Å²) in [5.41, 5.74) is 2.12. The van der Waals surface area contributed by atoms with Crippen LogP contribution in [0.15, 0.2) is 24.3 Å². The number of nitrogens with one attached hydrogen (secondary N) is 3. The Kier molecular flexibility index (Phi) is 5.60. The van der Waals surface area contributed by atoms with Crippen molar-refractivity contribution < 1.29 is 9.59 Å². The zero-order valence-electron chi connectivity index (χ0n) is 12.4. The molecule has 0 radical (unpaired) electrons. The van der Waals surface area contributed by atoms with E-state index < -0.39 is 6.03 Å². The van der Waals surface area contributed by atoms with E-state index in [4.69, 9.17) is 0 Å². The fourth-order valence-electron chi connectivity index (χ4n) is 2.50. The maximum atomic E-state index is 11.7. The van der Waals surface area contributed by atoms with Crippen LogP contribution in [-0.2, 0) is 11.2 Å². The molecule has 0 unspecified atom stereocenters. The molecule has 5 heteroatoms. The molecule has 0 saturated heterocycles. The third-order valence-corrected chi connectivity index (χ3v) is 3.76. The van der Waals surface area contributed by atoms with E-state index in [1.54, 1.807) is 0 Å². The highest BCUT2D eigenvalue weighted by Gasteiger charge is 2.17. The van der Waals surface area contributed by atoms with E-state index in [0.29, 0.717) is 0 Å². The first kappa shape index (κ1) is 15.4. The first-order valence-electron chi connectivity index (χ1n) is 7.60. The highest BCUT2D eigenvalue weighted by Crippen LogP contribution is 2.17. The van der Waals surface area contributed by atoms with Gasteiger partial charge in [0.25, 0.3) is 0 Å². The van der Waals surface area contributed by atoms with Crippen LogP contribution in [0.2, 0.25) is 0 Å². The molecule has 0 heterocycles. The average Bonchev–Trinajstić information content (AvgIpc) is 2.98. The van der Waals surface area contributed by atoms with Crippen LogP contribution >= 0.6 is 0 Å². The molecule has 5 nitrogen and oxygen atoms in total. The van der Waals surface area contributed by atoms with Crippen molar-refractivity contribution >= 4 is 17.6 Å². The molecule has 114 valence electrons. The minimum Gasteiger partial charge on any atom is -0.376 e. The lowest BCUT2D eigenvalue weighted by molar-refractivity contribution is -0.118. The standard InChI is InChI=1S/C16H23N3O2/c1-2-12-7-9-13(10-8-12)17-11-15(20)19-16(21)18-14-5-3-4-6-14/h7-10,14,17H,2-6,11H2,1H3,(H2,18,19,20,21). The molecule has 1 saturated carbocycles. The molecule has 3 N–H and O–H groups in total. The second-order valence-corrected chi connectivity index (χ2v) is 5.41. The summed E-state index contributed by atoms with van der Waals surface area (Å²) < 4.78 is 0. The van der Waals surface area contributed by atoms with Gasteiger partial charge in [-0.05, 0) is 37.0 Å². The lowest BCUT2D eigenvalue weighted by Gasteiger charge is -2.12. The van der Waals surface area contributed by atoms with Crippen LogP contribution in [0.5, 0.6) is 0 Å². The topological polar surface area (TPSA) is 70.2 Å². The fourth-order valence-corrected chi connectivity index (χ4v) is 2.50. The number of aryl methyl sites for hydroxylation is 1. The van der Waals surface area contributed by atoms with Crippen LogP contribution in [0, 0.1) is 0 Å². The van der Waals surface area contributed by atoms with Crippen LogP contribution in [0.25, 0.3) is 0 Å². The SMILES string of the molecule is CCc1ccc(NCC(=O)NC(=O)NC2CCCC2)cc1. The smallest absolute Gasteiger partial charge is 0.321 e. The van der Waals surface area contributed by atoms with Gasteiger partial charge in [-0.1, -0.05) is 31.9 Å². The van der Waals surface area contributed by atoms with Crippen molar-refractivity contribution in [3.63, 3.8) is 0 Å². The highest BCUT2D eigenvalue weighted by molar-refractivity contribution is 5.96. The van der Waals surface area contributed by atoms with Gasteiger partial charge in [0.1, 0.15) is 0 Å². The summed E-state index contributed by atoms with van der Waals surface area (Å²) in [5.74, 6) is -0.329. The van der Waals surface area contributed by atoms with E-state index in [-0.39, 0.29) is 18.5 Å². The van der Waals surface area contributed by atoms with Crippen LogP contribution in [0.3, 0.4) is 0 Å². The Morgan fingerprint density at radius 1 is 1.14 bits per heavy atom. The van der Waals surface area contributed by atoms with Crippen molar-refractivity contribution in [2.75, 3.05) is 11.9 Å². The van der Waals surface area contributed by atoms with E-state index in [9.17, 15) is 9.59 Å². The normalized spacial score (nSPS) is 14.7. The van der Waals surface area contributed by atoms with E-state index in [0.717, 1.165) is 37.8 Å². The van der Waals surface area contributed by atoms with Crippen LogP contribution in [0.1, 0.15) is 38.2 Å². The molecule has 21 heavy (non-hydrogen) atoms. The van der Waals surface area contributed by atoms with Gasteiger partial charge < -0.3 is 10.6 Å². The van der Waals surface area contributed by atoms with Gasteiger partial charge in [0.05, 0.1) is 6.54 Å². The maximum absolute atomic E-state index is 11.7. The zero-order chi connectivity index (χ0) is 15.1. The zero-order valence-corrected chi connectivity index (χ0v) is 12.4. The number of hydrogen-bond acceptors (Lipinski definition) is 3. The second-order valence-electron chi connectivity index (χ2n) is 5.41. The van der Waals surface area contributed by atoms with Gasteiger partial charge in [-0.15, -0.1) is 0 Å². The quantitative estimate of drug-likeness (QED) is 0.779. The van der Waals surface area contributed by atoms with Gasteiger partial charge in [-0.3, -0.25) is 10.1 Å². The predicted octanol–water partition coefficient (Wildman–Crippen LogP) is 2.43. The lowest BCUT2D eigenvalue weighted by atomic mass is 10.1. The van der Waals surface area contributed by atoms with Crippen molar-refractivity contribution in [2.45, 2.75) is 45.1 Å². The predicted molar refractivity (Wildman–Crippen MR) is 83.2 cm³/mol. The van der Waals surface area contributed by atoms with Gasteiger partial charge in [0.15, 0.2) is 0 Å². The first-order valence-corrected chi connectivity index (χ1v) is 7.60. The third-order valence-electron chi connectivity index (χ3n) is 3.76. The molecule has 1 aromatic carbocycles. The molecule has 1 fully saturated rings. The van der Waals surface area contributed by atoms with Gasteiger partial charge in [0, 0.05) is 11.7 Å². The number of imide groups is 1. The Morgan fingerprint density at radius 3 is 2.43 bits per heavy atom. The Hall–Kier alpha value is -2.04. The molecule has 0 spiro atoms. The van der Waals surface area contributed by atoms with Crippen LogP contribution < -0.4 is 16.0 Å². The van der Waals surface area contributed by atoms with Gasteiger partial charge >= 0.3 is 6.03 Å². The second kappa shape index (κ2) is 7.67. The van der Waals surface area contributed by atoms with Crippen molar-refractivity contribution in [3.8, 4) is 0 Å². The number of rotatable bonds is 5. The number of urea groups is 1. The maximum Gasteiger partial charge on any atom is 0.321 e. The molecule has 2 rings (SSSR count). The Bertz CT molecular complexity index is 479. The number of carbonyl (C=O) groups excluding carboxylic acids is 2. The molecule has 0 bridgehead atoms. The Labute approximate surface area is 125 Å². The summed E-state index contributed by atoms with van der Waals surface area (Å²) >= 11 is 0. The molecule has 1 aliphatic carbocycles. The molecular formula is C16H23N3O2. The minimum atomic E-state index is -0.393. The molecule has 1 aromatic rings. The number of carbonyl (C=O) groups is 2. The highest BCUT2D eigenvalue weighted by atomic mass is 16.2. The third kappa shape index (κ3) is 5.10. The van der Waals surface area contributed by atoms with Gasteiger partial charge in [0.2, 0.25) is 5.91 Å². The molecule has 0 atom stereocenters. The molecule has 1 aliphatic rings. The van der Waals surface area contributed by atoms with Crippen LogP contribution in [0.4, 0.5) is 10.5 Å². The van der Waals surface area contributed by atoms with E-state index >= 15 is 0 Å². The summed E-state index contributed by atoms with van der Waals surface area (Å²) in [7, 11) is 0. The lowest BCUT2D eigenvalue weighted by Crippen LogP contribution is -2.45. The van der Waals surface area contributed by atoms with Crippen molar-refractivity contribution in [1.82, 2.24) is 10.6 Å². The summed E-state index contributed by atoms with van der Waals surface area (Å²) in [6.07, 6.45) is 5.29. The number of anilines is 1. The van der Waals surface area contributed by atoms with Crippen LogP contribution in [-0.4, -0.2) is 24.5 Å². The fraction of sp³-hybridized carbons (Fsp3) is 0.500. The number of amides is 3. The molecule has 3 amide bonds. The summed E-state index contributed by atoms with van der Waals surface area (Å²) in [6.45, 7) is 2.18. The monoisotopic (exact) mass is 289 g/mol. The Morgan fingerprint density at radius 2 is 1.81 bits per heavy atom. The van der Waals surface area contributed by atoms with E-state index in [1.165, 1.54) is 5.56 Å². The van der Waals surface area contributed by atoms with E-state index in [2.05, 4.69) is 22.9 Å². The average molecular weight is 289 g/mol. The largest absolute Gasteiger partial charge is 0.376 e. The van der Waals surface area contributed by atoms with Gasteiger partial charge in [-0.2, -0.15) is 0 Å². The number of benzene rings is 1. The summed E-state index contributed by atoms with van der Waals surface area (Å²) in [6, 6.07) is 7.73. The molecular weight excluding hydrogens is 266 g/mol. The van der Waals surface area contributed by atoms with Crippen molar-refractivity contribution in [2.24, 2.45) is 0 Å². The first-order chi connectivity index (χ1) is 10.2. The minimum absolute atomic E-state index is 0.0869.